The van der Waals surface area contributed by atoms with Gasteiger partial charge in [-0.3, -0.25) is 0 Å². The van der Waals surface area contributed by atoms with Crippen molar-refractivity contribution in [2.24, 2.45) is 0 Å². The van der Waals surface area contributed by atoms with E-state index in [2.05, 4.69) is 161 Å². The van der Waals surface area contributed by atoms with E-state index < -0.39 is 0 Å². The lowest BCUT2D eigenvalue weighted by Gasteiger charge is -2.45. The number of hydrogen-bond acceptors (Lipinski definition) is 2. The van der Waals surface area contributed by atoms with Crippen molar-refractivity contribution in [2.45, 2.75) is 62.2 Å². The van der Waals surface area contributed by atoms with Crippen molar-refractivity contribution >= 4 is 57.2 Å². The minimum atomic E-state index is 0.0966. The van der Waals surface area contributed by atoms with Gasteiger partial charge in [0, 0.05) is 45.0 Å². The summed E-state index contributed by atoms with van der Waals surface area (Å²) in [7, 11) is 0. The van der Waals surface area contributed by atoms with E-state index in [1.807, 2.05) is 0 Å². The van der Waals surface area contributed by atoms with Crippen molar-refractivity contribution in [3.63, 3.8) is 0 Å². The number of benzene rings is 7. The van der Waals surface area contributed by atoms with Crippen molar-refractivity contribution in [3.8, 4) is 22.3 Å². The number of hydrogen-bond donors (Lipinski definition) is 0. The van der Waals surface area contributed by atoms with Crippen molar-refractivity contribution in [1.82, 2.24) is 0 Å². The minimum Gasteiger partial charge on any atom is -0.311 e. The van der Waals surface area contributed by atoms with Crippen LogP contribution in [-0.4, -0.2) is 6.71 Å². The summed E-state index contributed by atoms with van der Waals surface area (Å²) >= 11 is 0. The van der Waals surface area contributed by atoms with Gasteiger partial charge in [-0.25, -0.2) is 0 Å². The summed E-state index contributed by atoms with van der Waals surface area (Å²) in [5, 5.41) is 0. The first-order valence-electron chi connectivity index (χ1n) is 20.7. The van der Waals surface area contributed by atoms with Crippen molar-refractivity contribution < 1.29 is 0 Å². The molecule has 7 aromatic carbocycles. The van der Waals surface area contributed by atoms with Gasteiger partial charge in [0.1, 0.15) is 0 Å². The summed E-state index contributed by atoms with van der Waals surface area (Å²) < 4.78 is 0. The van der Waals surface area contributed by atoms with Gasteiger partial charge in [0.15, 0.2) is 0 Å². The van der Waals surface area contributed by atoms with Crippen LogP contribution in [-0.2, 0) is 10.8 Å². The zero-order valence-corrected chi connectivity index (χ0v) is 31.1. The van der Waals surface area contributed by atoms with Crippen LogP contribution in [0.25, 0.3) is 22.3 Å². The Balaban J connectivity index is 1.15. The number of para-hydroxylation sites is 2. The molecule has 0 radical (unpaired) electrons. The molecule has 0 amide bonds. The Morgan fingerprint density at radius 1 is 0.364 bits per heavy atom. The summed E-state index contributed by atoms with van der Waals surface area (Å²) in [6.45, 7) is 0.107. The van der Waals surface area contributed by atoms with Crippen LogP contribution in [0.2, 0.25) is 0 Å². The first-order chi connectivity index (χ1) is 27.3. The zero-order valence-electron chi connectivity index (χ0n) is 31.1. The third-order valence-electron chi connectivity index (χ3n) is 14.7. The third-order valence-corrected chi connectivity index (χ3v) is 14.7. The van der Waals surface area contributed by atoms with E-state index in [0.717, 1.165) is 0 Å². The van der Waals surface area contributed by atoms with E-state index in [9.17, 15) is 0 Å². The Bertz CT molecular complexity index is 2550. The molecule has 6 aliphatic rings. The Morgan fingerprint density at radius 2 is 0.782 bits per heavy atom. The maximum atomic E-state index is 2.71. The molecule has 2 saturated carbocycles. The first kappa shape index (κ1) is 30.5. The maximum absolute atomic E-state index is 2.71. The van der Waals surface area contributed by atoms with E-state index in [1.54, 1.807) is 22.3 Å². The van der Waals surface area contributed by atoms with Gasteiger partial charge in [-0.15, -0.1) is 0 Å². The Hall–Kier alpha value is -5.80. The Kier molecular flexibility index (Phi) is 6.06. The van der Waals surface area contributed by atoms with Gasteiger partial charge in [0.05, 0.1) is 0 Å². The van der Waals surface area contributed by atoms with Crippen molar-refractivity contribution in [1.29, 1.82) is 0 Å². The van der Waals surface area contributed by atoms with Crippen LogP contribution in [0.5, 0.6) is 0 Å². The molecule has 0 N–H and O–H groups in total. The molecule has 2 aliphatic heterocycles. The Labute approximate surface area is 324 Å². The van der Waals surface area contributed by atoms with Crippen LogP contribution in [0.1, 0.15) is 73.6 Å². The van der Waals surface area contributed by atoms with Crippen molar-refractivity contribution in [2.75, 3.05) is 9.80 Å². The molecule has 0 unspecified atom stereocenters. The molecule has 55 heavy (non-hydrogen) atoms. The molecule has 2 spiro atoms. The summed E-state index contributed by atoms with van der Waals surface area (Å²) in [6.07, 6.45) is 10.1. The molecule has 2 nitrogen and oxygen atoms in total. The smallest absolute Gasteiger partial charge is 0.252 e. The molecule has 13 rings (SSSR count). The van der Waals surface area contributed by atoms with Crippen LogP contribution in [0, 0.1) is 0 Å². The van der Waals surface area contributed by atoms with Crippen LogP contribution in [0.15, 0.2) is 152 Å². The van der Waals surface area contributed by atoms with Gasteiger partial charge < -0.3 is 9.80 Å². The van der Waals surface area contributed by atoms with Crippen LogP contribution < -0.4 is 26.2 Å². The molecule has 0 aromatic heterocycles. The molecule has 0 saturated heterocycles. The summed E-state index contributed by atoms with van der Waals surface area (Å²) in [6, 6.07) is 58.7. The van der Waals surface area contributed by atoms with Gasteiger partial charge in [0.25, 0.3) is 6.71 Å². The number of rotatable bonds is 2. The molecule has 0 bridgehead atoms. The lowest BCUT2D eigenvalue weighted by atomic mass is 9.33. The molecule has 2 fully saturated rings. The molecule has 262 valence electrons. The zero-order chi connectivity index (χ0) is 35.9. The average molecular weight is 705 g/mol. The van der Waals surface area contributed by atoms with Gasteiger partial charge in [-0.05, 0) is 135 Å². The quantitative estimate of drug-likeness (QED) is 0.165. The number of fused-ring (bicyclic) bond motifs is 14. The standard InChI is InChI=1S/C52H41BN2/c1-3-16-34(17-4-1)54-46-24-15-25-47-50(46)53(44-32-42-38(30-48(44)54)36-20-7-9-22-40(36)51(42)26-11-12-27-51)45-33-43-39(31-49(45)55(47)35-18-5-2-6-19-35)37-21-8-10-23-41(37)52(43)28-13-14-29-52/h1-10,15-25,30-33H,11-14,26-29H2. The summed E-state index contributed by atoms with van der Waals surface area (Å²) in [4.78, 5) is 5.17. The van der Waals surface area contributed by atoms with E-state index in [-0.39, 0.29) is 17.5 Å². The highest BCUT2D eigenvalue weighted by atomic mass is 15.2. The molecule has 0 atom stereocenters. The lowest BCUT2D eigenvalue weighted by Crippen LogP contribution is -2.61. The number of nitrogens with zero attached hydrogens (tertiary/aromatic N) is 2. The molecule has 2 heterocycles. The molecular formula is C52H41BN2. The van der Waals surface area contributed by atoms with E-state index >= 15 is 0 Å². The Morgan fingerprint density at radius 3 is 1.24 bits per heavy atom. The van der Waals surface area contributed by atoms with Crippen LogP contribution in [0.3, 0.4) is 0 Å². The molecule has 3 heteroatoms. The predicted molar refractivity (Wildman–Crippen MR) is 230 cm³/mol. The molecule has 4 aliphatic carbocycles. The summed E-state index contributed by atoms with van der Waals surface area (Å²) in [5.74, 6) is 0. The van der Waals surface area contributed by atoms with Crippen LogP contribution >= 0.6 is 0 Å². The normalized spacial score (nSPS) is 18.1. The third kappa shape index (κ3) is 3.82. The van der Waals surface area contributed by atoms with Gasteiger partial charge >= 0.3 is 0 Å². The average Bonchev–Trinajstić information content (AvgIpc) is 4.05. The monoisotopic (exact) mass is 704 g/mol. The second kappa shape index (κ2) is 10.9. The van der Waals surface area contributed by atoms with E-state index in [1.165, 1.54) is 124 Å². The largest absolute Gasteiger partial charge is 0.311 e. The van der Waals surface area contributed by atoms with Gasteiger partial charge in [0.2, 0.25) is 0 Å². The fraction of sp³-hybridized carbons (Fsp3) is 0.192. The fourth-order valence-corrected chi connectivity index (χ4v) is 12.6. The number of anilines is 6. The topological polar surface area (TPSA) is 6.48 Å². The highest BCUT2D eigenvalue weighted by molar-refractivity contribution is 7.00. The lowest BCUT2D eigenvalue weighted by molar-refractivity contribution is 0.550. The SMILES string of the molecule is c1ccc(N2c3cc4c(cc3B3c5cc6c(cc5N(c5ccccc5)c5cccc2c53)-c2ccccc2C62CCCC2)C2(CCCC2)c2ccccc2-4)cc1. The van der Waals surface area contributed by atoms with E-state index in [4.69, 9.17) is 0 Å². The minimum absolute atomic E-state index is 0.0966. The maximum Gasteiger partial charge on any atom is 0.252 e. The second-order valence-corrected chi connectivity index (χ2v) is 17.1. The highest BCUT2D eigenvalue weighted by Gasteiger charge is 2.51. The van der Waals surface area contributed by atoms with Gasteiger partial charge in [-0.1, -0.05) is 129 Å². The predicted octanol–water partition coefficient (Wildman–Crippen LogP) is 11.5. The first-order valence-corrected chi connectivity index (χ1v) is 20.7. The van der Waals surface area contributed by atoms with Gasteiger partial charge in [-0.2, -0.15) is 0 Å². The second-order valence-electron chi connectivity index (χ2n) is 17.1. The molecular weight excluding hydrogens is 663 g/mol. The van der Waals surface area contributed by atoms with Crippen LogP contribution in [0.4, 0.5) is 34.1 Å². The van der Waals surface area contributed by atoms with Crippen molar-refractivity contribution in [3.05, 3.63) is 174 Å². The molecule has 7 aromatic rings. The summed E-state index contributed by atoms with van der Waals surface area (Å²) in [5.41, 5.74) is 24.1. The fourth-order valence-electron chi connectivity index (χ4n) is 12.6. The highest BCUT2D eigenvalue weighted by Crippen LogP contribution is 2.60. The van der Waals surface area contributed by atoms with E-state index in [0.29, 0.717) is 0 Å².